The first-order valence-corrected chi connectivity index (χ1v) is 8.74. The van der Waals surface area contributed by atoms with Crippen LogP contribution >= 0.6 is 11.8 Å². The zero-order valence-electron chi connectivity index (χ0n) is 13.5. The van der Waals surface area contributed by atoms with Crippen molar-refractivity contribution in [2.75, 3.05) is 5.75 Å². The van der Waals surface area contributed by atoms with Crippen LogP contribution < -0.4 is 5.73 Å². The Morgan fingerprint density at radius 1 is 1.29 bits per heavy atom. The molecule has 7 heteroatoms. The summed E-state index contributed by atoms with van der Waals surface area (Å²) < 4.78 is 38.9. The molecule has 2 aromatic rings. The zero-order valence-corrected chi connectivity index (χ0v) is 14.4. The number of fused-ring (bicyclic) bond motifs is 1. The van der Waals surface area contributed by atoms with E-state index in [1.807, 2.05) is 13.8 Å². The van der Waals surface area contributed by atoms with E-state index in [-0.39, 0.29) is 5.52 Å². The number of nitrogens with two attached hydrogens (primary N) is 1. The van der Waals surface area contributed by atoms with E-state index in [0.717, 1.165) is 25.0 Å². The summed E-state index contributed by atoms with van der Waals surface area (Å²) in [5.74, 6) is 0.0525. The Hall–Kier alpha value is -1.76. The van der Waals surface area contributed by atoms with Crippen LogP contribution in [0, 0.1) is 0 Å². The number of halogens is 3. The van der Waals surface area contributed by atoms with Crippen molar-refractivity contribution in [2.24, 2.45) is 5.73 Å². The maximum Gasteiger partial charge on any atom is 0.416 e. The fraction of sp³-hybridized carbons (Fsp3) is 0.412. The summed E-state index contributed by atoms with van der Waals surface area (Å²) in [4.78, 5) is 16.2. The van der Waals surface area contributed by atoms with Crippen molar-refractivity contribution in [3.05, 3.63) is 34.9 Å². The van der Waals surface area contributed by atoms with Crippen molar-refractivity contribution in [1.82, 2.24) is 4.98 Å². The number of primary amides is 1. The van der Waals surface area contributed by atoms with E-state index in [1.165, 1.54) is 17.8 Å². The van der Waals surface area contributed by atoms with Crippen molar-refractivity contribution in [1.29, 1.82) is 0 Å². The minimum Gasteiger partial charge on any atom is -0.366 e. The second kappa shape index (κ2) is 7.42. The highest BCUT2D eigenvalue weighted by molar-refractivity contribution is 7.99. The lowest BCUT2D eigenvalue weighted by Gasteiger charge is -2.16. The van der Waals surface area contributed by atoms with Crippen molar-refractivity contribution >= 4 is 28.6 Å². The van der Waals surface area contributed by atoms with Crippen LogP contribution in [0.2, 0.25) is 0 Å². The third-order valence-corrected chi connectivity index (χ3v) is 4.55. The predicted molar refractivity (Wildman–Crippen MR) is 90.3 cm³/mol. The first-order chi connectivity index (χ1) is 11.3. The molecule has 0 radical (unpaired) electrons. The molecule has 3 nitrogen and oxygen atoms in total. The van der Waals surface area contributed by atoms with E-state index in [4.69, 9.17) is 5.73 Å². The number of hydrogen-bond donors (Lipinski definition) is 1. The number of nitrogens with zero attached hydrogens (tertiary/aromatic N) is 1. The Morgan fingerprint density at radius 3 is 2.54 bits per heavy atom. The summed E-state index contributed by atoms with van der Waals surface area (Å²) in [5, 5.41) is 0.966. The van der Waals surface area contributed by atoms with Crippen LogP contribution in [-0.2, 0) is 12.6 Å². The Labute approximate surface area is 142 Å². The maximum atomic E-state index is 13.0. The lowest BCUT2D eigenvalue weighted by Crippen LogP contribution is -2.17. The molecule has 24 heavy (non-hydrogen) atoms. The number of aryl methyl sites for hydroxylation is 1. The van der Waals surface area contributed by atoms with E-state index in [2.05, 4.69) is 4.98 Å². The number of hydrogen-bond acceptors (Lipinski definition) is 3. The molecule has 0 atom stereocenters. The van der Waals surface area contributed by atoms with Gasteiger partial charge in [-0.05, 0) is 36.3 Å². The van der Waals surface area contributed by atoms with Gasteiger partial charge in [0.25, 0.3) is 5.91 Å². The Kier molecular flexibility index (Phi) is 5.74. The molecule has 1 aromatic carbocycles. The Bertz CT molecular complexity index is 760. The Morgan fingerprint density at radius 2 is 2.00 bits per heavy atom. The molecule has 0 spiro atoms. The lowest BCUT2D eigenvalue weighted by atomic mass is 9.97. The molecule has 1 aromatic heterocycles. The van der Waals surface area contributed by atoms with Crippen LogP contribution in [0.15, 0.2) is 23.2 Å². The highest BCUT2D eigenvalue weighted by Crippen LogP contribution is 2.35. The second-order valence-electron chi connectivity index (χ2n) is 5.40. The molecule has 1 heterocycles. The minimum atomic E-state index is -4.43. The molecular formula is C17H19F3N2OS. The van der Waals surface area contributed by atoms with Gasteiger partial charge in [0.2, 0.25) is 0 Å². The number of rotatable bonds is 6. The number of benzene rings is 1. The van der Waals surface area contributed by atoms with Crippen LogP contribution in [0.1, 0.15) is 48.2 Å². The summed E-state index contributed by atoms with van der Waals surface area (Å²) in [7, 11) is 0. The third-order valence-electron chi connectivity index (χ3n) is 3.70. The first-order valence-electron chi connectivity index (χ1n) is 7.76. The van der Waals surface area contributed by atoms with E-state index in [9.17, 15) is 18.0 Å². The molecule has 0 aliphatic heterocycles. The fourth-order valence-electron chi connectivity index (χ4n) is 2.59. The van der Waals surface area contributed by atoms with Gasteiger partial charge in [-0.3, -0.25) is 4.79 Å². The summed E-state index contributed by atoms with van der Waals surface area (Å²) >= 11 is 1.31. The minimum absolute atomic E-state index is 0.247. The molecular weight excluding hydrogens is 337 g/mol. The smallest absolute Gasteiger partial charge is 0.366 e. The van der Waals surface area contributed by atoms with Crippen molar-refractivity contribution in [2.45, 2.75) is 44.3 Å². The van der Waals surface area contributed by atoms with Gasteiger partial charge >= 0.3 is 6.18 Å². The van der Waals surface area contributed by atoms with Crippen molar-refractivity contribution < 1.29 is 18.0 Å². The van der Waals surface area contributed by atoms with Crippen molar-refractivity contribution in [3.8, 4) is 0 Å². The van der Waals surface area contributed by atoms with Gasteiger partial charge in [-0.25, -0.2) is 4.98 Å². The average Bonchev–Trinajstić information content (AvgIpc) is 2.50. The molecule has 1 amide bonds. The van der Waals surface area contributed by atoms with Gasteiger partial charge in [-0.2, -0.15) is 13.2 Å². The zero-order chi connectivity index (χ0) is 17.9. The van der Waals surface area contributed by atoms with Gasteiger partial charge < -0.3 is 5.73 Å². The summed E-state index contributed by atoms with van der Waals surface area (Å²) in [5.41, 5.74) is 6.06. The van der Waals surface area contributed by atoms with Crippen LogP contribution in [0.3, 0.4) is 0 Å². The van der Waals surface area contributed by atoms with Crippen LogP contribution in [0.5, 0.6) is 0 Å². The molecule has 0 fully saturated rings. The summed E-state index contributed by atoms with van der Waals surface area (Å²) in [6.07, 6.45) is -2.13. The second-order valence-corrected chi connectivity index (χ2v) is 6.65. The molecule has 0 bridgehead atoms. The van der Waals surface area contributed by atoms with Gasteiger partial charge in [0.1, 0.15) is 5.03 Å². The number of unbranched alkanes of at least 4 members (excludes halogenated alkanes) is 1. The molecule has 0 aliphatic carbocycles. The van der Waals surface area contributed by atoms with Crippen molar-refractivity contribution in [3.63, 3.8) is 0 Å². The topological polar surface area (TPSA) is 56.0 Å². The normalized spacial score (nSPS) is 11.9. The number of aromatic nitrogens is 1. The molecule has 0 saturated carbocycles. The van der Waals surface area contributed by atoms with Crippen LogP contribution in [0.4, 0.5) is 13.2 Å². The SMILES string of the molecule is CCCCc1c(C(N)=O)c(SCC)nc2cc(C(F)(F)F)ccc12. The molecule has 0 aliphatic rings. The highest BCUT2D eigenvalue weighted by atomic mass is 32.2. The standard InChI is InChI=1S/C17H19F3N2OS/c1-3-5-6-12-11-8-7-10(17(18,19)20)9-13(11)22-16(24-4-2)14(12)15(21)23/h7-9H,3-6H2,1-2H3,(H2,21,23). The maximum absolute atomic E-state index is 13.0. The number of carbonyl (C=O) groups excluding carboxylic acids is 1. The quantitative estimate of drug-likeness (QED) is 0.756. The number of carbonyl (C=O) groups is 1. The van der Waals surface area contributed by atoms with Crippen LogP contribution in [0.25, 0.3) is 10.9 Å². The highest BCUT2D eigenvalue weighted by Gasteiger charge is 2.31. The molecule has 0 unspecified atom stereocenters. The van der Waals surface area contributed by atoms with E-state index in [0.29, 0.717) is 33.7 Å². The number of thioether (sulfide) groups is 1. The number of alkyl halides is 3. The Balaban J connectivity index is 2.77. The molecule has 2 N–H and O–H groups in total. The van der Waals surface area contributed by atoms with E-state index < -0.39 is 17.6 Å². The van der Waals surface area contributed by atoms with Gasteiger partial charge in [0, 0.05) is 5.39 Å². The fourth-order valence-corrected chi connectivity index (χ4v) is 3.40. The molecule has 2 rings (SSSR count). The lowest BCUT2D eigenvalue weighted by molar-refractivity contribution is -0.137. The number of amides is 1. The van der Waals surface area contributed by atoms with Gasteiger partial charge in [-0.1, -0.05) is 26.3 Å². The molecule has 130 valence electrons. The van der Waals surface area contributed by atoms with Gasteiger partial charge in [0.05, 0.1) is 16.6 Å². The summed E-state index contributed by atoms with van der Waals surface area (Å²) in [6, 6.07) is 3.45. The third kappa shape index (κ3) is 3.83. The van der Waals surface area contributed by atoms with E-state index >= 15 is 0 Å². The first kappa shape index (κ1) is 18.6. The van der Waals surface area contributed by atoms with Gasteiger partial charge in [0.15, 0.2) is 0 Å². The molecule has 0 saturated heterocycles. The average molecular weight is 356 g/mol. The largest absolute Gasteiger partial charge is 0.416 e. The number of pyridine rings is 1. The van der Waals surface area contributed by atoms with Crippen LogP contribution in [-0.4, -0.2) is 16.6 Å². The summed E-state index contributed by atoms with van der Waals surface area (Å²) in [6.45, 7) is 3.90. The predicted octanol–water partition coefficient (Wildman–Crippen LogP) is 4.81. The van der Waals surface area contributed by atoms with Gasteiger partial charge in [-0.15, -0.1) is 11.8 Å². The monoisotopic (exact) mass is 356 g/mol. The van der Waals surface area contributed by atoms with E-state index in [1.54, 1.807) is 0 Å².